The van der Waals surface area contributed by atoms with E-state index < -0.39 is 0 Å². The van der Waals surface area contributed by atoms with Gasteiger partial charge in [-0.05, 0) is 22.0 Å². The number of halogens is 1. The molecule has 0 unspecified atom stereocenters. The van der Waals surface area contributed by atoms with Gasteiger partial charge in [-0.25, -0.2) is 4.98 Å². The van der Waals surface area contributed by atoms with E-state index in [0.29, 0.717) is 10.9 Å². The van der Waals surface area contributed by atoms with Gasteiger partial charge >= 0.3 is 0 Å². The number of aromatic hydroxyl groups is 1. The Bertz CT molecular complexity index is 262. The van der Waals surface area contributed by atoms with Crippen molar-refractivity contribution in [3.8, 4) is 5.75 Å². The molecule has 0 radical (unpaired) electrons. The SMILES string of the molecule is O=Cc1cc(Br)ncc1O. The lowest BCUT2D eigenvalue weighted by Gasteiger charge is -1.94. The first-order valence-corrected chi connectivity index (χ1v) is 3.33. The summed E-state index contributed by atoms with van der Waals surface area (Å²) in [5, 5.41) is 8.92. The number of hydrogen-bond acceptors (Lipinski definition) is 3. The highest BCUT2D eigenvalue weighted by molar-refractivity contribution is 9.10. The van der Waals surface area contributed by atoms with Crippen LogP contribution in [0, 0.1) is 0 Å². The Balaban J connectivity index is 3.21. The first-order chi connectivity index (χ1) is 4.74. The second-order valence-electron chi connectivity index (χ2n) is 1.68. The summed E-state index contributed by atoms with van der Waals surface area (Å²) >= 11 is 3.06. The predicted molar refractivity (Wildman–Crippen MR) is 39.0 cm³/mol. The summed E-state index contributed by atoms with van der Waals surface area (Å²) in [6.07, 6.45) is 1.79. The standard InChI is InChI=1S/C6H4BrNO2/c7-6-1-4(3-9)5(10)2-8-6/h1-3,10H. The van der Waals surface area contributed by atoms with E-state index in [-0.39, 0.29) is 11.3 Å². The van der Waals surface area contributed by atoms with E-state index in [2.05, 4.69) is 20.9 Å². The number of carbonyl (C=O) groups excluding carboxylic acids is 1. The van der Waals surface area contributed by atoms with Gasteiger partial charge in [0.15, 0.2) is 6.29 Å². The summed E-state index contributed by atoms with van der Waals surface area (Å²) in [4.78, 5) is 13.9. The van der Waals surface area contributed by atoms with E-state index in [1.54, 1.807) is 0 Å². The van der Waals surface area contributed by atoms with Crippen molar-refractivity contribution in [2.24, 2.45) is 0 Å². The highest BCUT2D eigenvalue weighted by atomic mass is 79.9. The van der Waals surface area contributed by atoms with Crippen LogP contribution in [0.5, 0.6) is 5.75 Å². The van der Waals surface area contributed by atoms with Gasteiger partial charge in [-0.1, -0.05) is 0 Å². The van der Waals surface area contributed by atoms with Crippen molar-refractivity contribution in [1.82, 2.24) is 4.98 Å². The molecule has 1 rings (SSSR count). The van der Waals surface area contributed by atoms with Crippen LogP contribution >= 0.6 is 15.9 Å². The summed E-state index contributed by atoms with van der Waals surface area (Å²) in [7, 11) is 0. The third-order valence-electron chi connectivity index (χ3n) is 1.01. The van der Waals surface area contributed by atoms with Gasteiger partial charge in [0, 0.05) is 0 Å². The Morgan fingerprint density at radius 1 is 1.70 bits per heavy atom. The molecule has 0 amide bonds. The van der Waals surface area contributed by atoms with Crippen LogP contribution < -0.4 is 0 Å². The molecular weight excluding hydrogens is 198 g/mol. The fourth-order valence-corrected chi connectivity index (χ4v) is 0.880. The summed E-state index contributed by atoms with van der Waals surface area (Å²) < 4.78 is 0.535. The molecule has 52 valence electrons. The second-order valence-corrected chi connectivity index (χ2v) is 2.50. The number of carbonyl (C=O) groups is 1. The molecule has 1 heterocycles. The molecule has 0 aromatic carbocycles. The molecule has 0 bridgehead atoms. The maximum absolute atomic E-state index is 10.2. The Kier molecular flexibility index (Phi) is 2.01. The number of pyridine rings is 1. The van der Waals surface area contributed by atoms with Crippen molar-refractivity contribution in [3.63, 3.8) is 0 Å². The molecule has 10 heavy (non-hydrogen) atoms. The molecule has 4 heteroatoms. The smallest absolute Gasteiger partial charge is 0.153 e. The van der Waals surface area contributed by atoms with Gasteiger partial charge in [0.05, 0.1) is 11.8 Å². The van der Waals surface area contributed by atoms with Crippen LogP contribution in [0.1, 0.15) is 10.4 Å². The van der Waals surface area contributed by atoms with Crippen molar-refractivity contribution in [3.05, 3.63) is 22.4 Å². The third-order valence-corrected chi connectivity index (χ3v) is 1.44. The molecular formula is C6H4BrNO2. The zero-order valence-corrected chi connectivity index (χ0v) is 6.50. The lowest BCUT2D eigenvalue weighted by atomic mass is 10.3. The number of aromatic nitrogens is 1. The lowest BCUT2D eigenvalue weighted by molar-refractivity contribution is 0.112. The Hall–Kier alpha value is -0.900. The van der Waals surface area contributed by atoms with Gasteiger partial charge in [-0.3, -0.25) is 4.79 Å². The van der Waals surface area contributed by atoms with E-state index in [0.717, 1.165) is 0 Å². The Morgan fingerprint density at radius 3 is 2.90 bits per heavy atom. The van der Waals surface area contributed by atoms with Gasteiger partial charge in [0.1, 0.15) is 10.4 Å². The van der Waals surface area contributed by atoms with Crippen molar-refractivity contribution >= 4 is 22.2 Å². The van der Waals surface area contributed by atoms with E-state index in [4.69, 9.17) is 5.11 Å². The lowest BCUT2D eigenvalue weighted by Crippen LogP contribution is -1.83. The van der Waals surface area contributed by atoms with Gasteiger partial charge in [-0.2, -0.15) is 0 Å². The fraction of sp³-hybridized carbons (Fsp3) is 0. The molecule has 0 saturated carbocycles. The van der Waals surface area contributed by atoms with Gasteiger partial charge in [-0.15, -0.1) is 0 Å². The molecule has 0 atom stereocenters. The second kappa shape index (κ2) is 2.79. The van der Waals surface area contributed by atoms with Crippen LogP contribution in [0.4, 0.5) is 0 Å². The number of rotatable bonds is 1. The molecule has 0 aliphatic carbocycles. The van der Waals surface area contributed by atoms with E-state index in [1.165, 1.54) is 12.3 Å². The molecule has 1 aromatic rings. The highest BCUT2D eigenvalue weighted by Gasteiger charge is 1.99. The van der Waals surface area contributed by atoms with Crippen LogP contribution in [0.15, 0.2) is 16.9 Å². The van der Waals surface area contributed by atoms with Gasteiger partial charge in [0.25, 0.3) is 0 Å². The minimum absolute atomic E-state index is 0.0989. The maximum atomic E-state index is 10.2. The van der Waals surface area contributed by atoms with Crippen molar-refractivity contribution in [2.45, 2.75) is 0 Å². The molecule has 1 N–H and O–H groups in total. The van der Waals surface area contributed by atoms with Crippen molar-refractivity contribution in [2.75, 3.05) is 0 Å². The third kappa shape index (κ3) is 1.33. The zero-order chi connectivity index (χ0) is 7.56. The van der Waals surface area contributed by atoms with E-state index >= 15 is 0 Å². The maximum Gasteiger partial charge on any atom is 0.153 e. The molecule has 0 saturated heterocycles. The molecule has 0 spiro atoms. The zero-order valence-electron chi connectivity index (χ0n) is 4.91. The number of nitrogens with zero attached hydrogens (tertiary/aromatic N) is 1. The molecule has 0 fully saturated rings. The quantitative estimate of drug-likeness (QED) is 0.552. The summed E-state index contributed by atoms with van der Waals surface area (Å²) in [5.41, 5.74) is 0.238. The van der Waals surface area contributed by atoms with Crippen LogP contribution in [0.3, 0.4) is 0 Å². The average Bonchev–Trinajstić information content (AvgIpc) is 1.94. The molecule has 1 aromatic heterocycles. The summed E-state index contributed by atoms with van der Waals surface area (Å²) in [5.74, 6) is -0.0989. The fourth-order valence-electron chi connectivity index (χ4n) is 0.531. The van der Waals surface area contributed by atoms with Crippen LogP contribution in [0.2, 0.25) is 0 Å². The first-order valence-electron chi connectivity index (χ1n) is 2.53. The monoisotopic (exact) mass is 201 g/mol. The summed E-state index contributed by atoms with van der Waals surface area (Å²) in [6, 6.07) is 1.45. The van der Waals surface area contributed by atoms with E-state index in [9.17, 15) is 4.79 Å². The van der Waals surface area contributed by atoms with E-state index in [1.807, 2.05) is 0 Å². The highest BCUT2D eigenvalue weighted by Crippen LogP contribution is 2.16. The molecule has 3 nitrogen and oxygen atoms in total. The van der Waals surface area contributed by atoms with Crippen LogP contribution in [0.25, 0.3) is 0 Å². The number of hydrogen-bond donors (Lipinski definition) is 1. The largest absolute Gasteiger partial charge is 0.506 e. The Labute approximate surface area is 65.8 Å². The van der Waals surface area contributed by atoms with Crippen LogP contribution in [-0.2, 0) is 0 Å². The topological polar surface area (TPSA) is 50.2 Å². The molecule has 0 aliphatic rings. The van der Waals surface area contributed by atoms with Crippen molar-refractivity contribution < 1.29 is 9.90 Å². The number of aldehydes is 1. The minimum atomic E-state index is -0.0989. The normalized spacial score (nSPS) is 9.30. The molecule has 0 aliphatic heterocycles. The van der Waals surface area contributed by atoms with Gasteiger partial charge < -0.3 is 5.11 Å². The van der Waals surface area contributed by atoms with Gasteiger partial charge in [0.2, 0.25) is 0 Å². The van der Waals surface area contributed by atoms with Crippen LogP contribution in [-0.4, -0.2) is 16.4 Å². The minimum Gasteiger partial charge on any atom is -0.506 e. The predicted octanol–water partition coefficient (Wildman–Crippen LogP) is 1.36. The van der Waals surface area contributed by atoms with Crippen molar-refractivity contribution in [1.29, 1.82) is 0 Å². The average molecular weight is 202 g/mol. The Morgan fingerprint density at radius 2 is 2.40 bits per heavy atom. The first kappa shape index (κ1) is 7.21. The summed E-state index contributed by atoms with van der Waals surface area (Å²) in [6.45, 7) is 0.